The van der Waals surface area contributed by atoms with Gasteiger partial charge in [-0.05, 0) is 50.2 Å². The first-order valence-electron chi connectivity index (χ1n) is 19.5. The summed E-state index contributed by atoms with van der Waals surface area (Å²) in [5.41, 5.74) is 1.03. The zero-order valence-corrected chi connectivity index (χ0v) is 34.8. The van der Waals surface area contributed by atoms with Crippen LogP contribution in [0, 0.1) is 11.8 Å². The molecule has 7 atom stereocenters. The van der Waals surface area contributed by atoms with Crippen molar-refractivity contribution in [1.29, 1.82) is 0 Å². The largest absolute Gasteiger partial charge is 0.477 e. The SMILES string of the molecule is C/C=C(\NC(=O)[C@H](C)NC(=O)[C@@H](NC(=O)[C@@H](NC(=O)[C@H](Cc1ccccc1)NC(=O)[C@H](CC(C)C)NC(=O)[C@H](Cc1ccccc1)NC(C)=O)[C@@H](C)O)C(C)C)C(=O)O. The van der Waals surface area contributed by atoms with Crippen LogP contribution in [0.1, 0.15) is 72.9 Å². The third-order valence-electron chi connectivity index (χ3n) is 9.07. The molecule has 59 heavy (non-hydrogen) atoms. The van der Waals surface area contributed by atoms with E-state index in [1.165, 1.54) is 33.8 Å². The molecule has 17 heteroatoms. The number of carbonyl (C=O) groups is 8. The Morgan fingerprint density at radius 2 is 1.02 bits per heavy atom. The molecule has 0 aliphatic rings. The van der Waals surface area contributed by atoms with Gasteiger partial charge in [-0.25, -0.2) is 4.79 Å². The van der Waals surface area contributed by atoms with E-state index >= 15 is 0 Å². The highest BCUT2D eigenvalue weighted by Gasteiger charge is 2.35. The number of carbonyl (C=O) groups excluding carboxylic acids is 7. The third kappa shape index (κ3) is 16.7. The van der Waals surface area contributed by atoms with Gasteiger partial charge in [-0.2, -0.15) is 0 Å². The summed E-state index contributed by atoms with van der Waals surface area (Å²) < 4.78 is 0. The van der Waals surface area contributed by atoms with E-state index in [-0.39, 0.29) is 25.2 Å². The predicted octanol–water partition coefficient (Wildman–Crippen LogP) is 0.608. The van der Waals surface area contributed by atoms with Crippen LogP contribution in [-0.2, 0) is 51.2 Å². The molecule has 0 aliphatic heterocycles. The zero-order chi connectivity index (χ0) is 44.4. The minimum absolute atomic E-state index is 0.0504. The average Bonchev–Trinajstić information content (AvgIpc) is 3.16. The van der Waals surface area contributed by atoms with Gasteiger partial charge >= 0.3 is 5.97 Å². The van der Waals surface area contributed by atoms with Crippen LogP contribution in [0.3, 0.4) is 0 Å². The van der Waals surface area contributed by atoms with Crippen LogP contribution in [0.5, 0.6) is 0 Å². The summed E-state index contributed by atoms with van der Waals surface area (Å²) >= 11 is 0. The number of hydrogen-bond acceptors (Lipinski definition) is 9. The Morgan fingerprint density at radius 3 is 1.46 bits per heavy atom. The van der Waals surface area contributed by atoms with Gasteiger partial charge in [0.25, 0.3) is 0 Å². The van der Waals surface area contributed by atoms with Crippen molar-refractivity contribution in [3.8, 4) is 0 Å². The highest BCUT2D eigenvalue weighted by Crippen LogP contribution is 2.11. The Morgan fingerprint density at radius 1 is 0.576 bits per heavy atom. The molecule has 0 unspecified atom stereocenters. The summed E-state index contributed by atoms with van der Waals surface area (Å²) in [4.78, 5) is 105. The van der Waals surface area contributed by atoms with Gasteiger partial charge in [0.2, 0.25) is 41.4 Å². The third-order valence-corrected chi connectivity index (χ3v) is 9.07. The lowest BCUT2D eigenvalue weighted by Gasteiger charge is -2.29. The molecule has 0 spiro atoms. The van der Waals surface area contributed by atoms with E-state index in [0.717, 1.165) is 5.56 Å². The van der Waals surface area contributed by atoms with Gasteiger partial charge in [0.15, 0.2) is 0 Å². The fraction of sp³-hybridized carbons (Fsp3) is 0.476. The number of rotatable bonds is 22. The minimum Gasteiger partial charge on any atom is -0.477 e. The highest BCUT2D eigenvalue weighted by atomic mass is 16.4. The van der Waals surface area contributed by atoms with Crippen LogP contribution >= 0.6 is 0 Å². The summed E-state index contributed by atoms with van der Waals surface area (Å²) in [5.74, 6) is -7.20. The number of nitrogens with one attached hydrogen (secondary N) is 7. The first-order chi connectivity index (χ1) is 27.7. The number of amides is 7. The maximum atomic E-state index is 14.0. The van der Waals surface area contributed by atoms with Crippen molar-refractivity contribution >= 4 is 47.3 Å². The predicted molar refractivity (Wildman–Crippen MR) is 219 cm³/mol. The molecular formula is C42H59N7O10. The fourth-order valence-electron chi connectivity index (χ4n) is 5.91. The first-order valence-corrected chi connectivity index (χ1v) is 19.5. The molecule has 0 saturated heterocycles. The molecule has 322 valence electrons. The molecule has 2 rings (SSSR count). The van der Waals surface area contributed by atoms with Crippen LogP contribution in [0.2, 0.25) is 0 Å². The Labute approximate surface area is 344 Å². The average molecular weight is 822 g/mol. The Balaban J connectivity index is 2.33. The lowest BCUT2D eigenvalue weighted by Crippen LogP contribution is -2.62. The molecule has 0 aromatic heterocycles. The molecule has 0 heterocycles. The number of benzene rings is 2. The van der Waals surface area contributed by atoms with E-state index in [0.29, 0.717) is 5.56 Å². The molecule has 7 amide bonds. The Bertz CT molecular complexity index is 1800. The number of carboxylic acid groups (broad SMARTS) is 1. The van der Waals surface area contributed by atoms with Gasteiger partial charge < -0.3 is 47.4 Å². The molecule has 0 radical (unpaired) electrons. The molecule has 17 nitrogen and oxygen atoms in total. The van der Waals surface area contributed by atoms with Gasteiger partial charge in [-0.15, -0.1) is 0 Å². The lowest BCUT2D eigenvalue weighted by molar-refractivity contribution is -0.137. The van der Waals surface area contributed by atoms with Gasteiger partial charge in [0, 0.05) is 19.8 Å². The van der Waals surface area contributed by atoms with Crippen LogP contribution in [0.25, 0.3) is 0 Å². The molecule has 0 saturated carbocycles. The quantitative estimate of drug-likeness (QED) is 0.0748. The van der Waals surface area contributed by atoms with Crippen molar-refractivity contribution in [2.75, 3.05) is 0 Å². The van der Waals surface area contributed by atoms with Crippen LogP contribution in [-0.4, -0.2) is 99.9 Å². The smallest absolute Gasteiger partial charge is 0.352 e. The normalized spacial score (nSPS) is 14.9. The topological polar surface area (TPSA) is 261 Å². The summed E-state index contributed by atoms with van der Waals surface area (Å²) in [7, 11) is 0. The van der Waals surface area contributed by atoms with E-state index in [4.69, 9.17) is 0 Å². The summed E-state index contributed by atoms with van der Waals surface area (Å²) in [6.45, 7) is 12.2. The first kappa shape index (κ1) is 49.0. The van der Waals surface area contributed by atoms with Crippen molar-refractivity contribution in [3.05, 3.63) is 83.6 Å². The van der Waals surface area contributed by atoms with Crippen LogP contribution < -0.4 is 37.2 Å². The van der Waals surface area contributed by atoms with Crippen molar-refractivity contribution in [2.24, 2.45) is 11.8 Å². The second kappa shape index (κ2) is 24.0. The van der Waals surface area contributed by atoms with Crippen molar-refractivity contribution in [2.45, 2.75) is 117 Å². The van der Waals surface area contributed by atoms with E-state index in [2.05, 4.69) is 37.2 Å². The fourth-order valence-corrected chi connectivity index (χ4v) is 5.91. The van der Waals surface area contributed by atoms with E-state index in [1.54, 1.807) is 68.4 Å². The summed E-state index contributed by atoms with van der Waals surface area (Å²) in [6, 6.07) is 10.2. The maximum Gasteiger partial charge on any atom is 0.352 e. The van der Waals surface area contributed by atoms with Crippen molar-refractivity contribution < 1.29 is 48.6 Å². The van der Waals surface area contributed by atoms with E-state index in [9.17, 15) is 48.6 Å². The van der Waals surface area contributed by atoms with Crippen molar-refractivity contribution in [3.63, 3.8) is 0 Å². The van der Waals surface area contributed by atoms with Gasteiger partial charge in [0.05, 0.1) is 6.10 Å². The number of allylic oxidation sites excluding steroid dienone is 1. The Hall–Kier alpha value is -6.10. The van der Waals surface area contributed by atoms with Gasteiger partial charge in [0.1, 0.15) is 41.9 Å². The highest BCUT2D eigenvalue weighted by molar-refractivity contribution is 5.98. The lowest BCUT2D eigenvalue weighted by atomic mass is 9.99. The molecule has 2 aromatic rings. The number of aliphatic carboxylic acids is 1. The van der Waals surface area contributed by atoms with Crippen LogP contribution in [0.4, 0.5) is 0 Å². The maximum absolute atomic E-state index is 14.0. The number of aliphatic hydroxyl groups is 1. The molecule has 0 aliphatic carbocycles. The second-order valence-corrected chi connectivity index (χ2v) is 15.1. The molecular weight excluding hydrogens is 763 g/mol. The number of carboxylic acids is 1. The standard InChI is InChI=1S/C42H59N7O10/c1-9-30(42(58)59)45-36(52)25(6)43-40(56)34(24(4)5)48-41(57)35(26(7)50)49-39(55)33(22-29-18-14-11-15-19-29)47-37(53)31(20-23(2)3)46-38(54)32(44-27(8)51)21-28-16-12-10-13-17-28/h9-19,23-26,31-35,50H,20-22H2,1-8H3,(H,43,56)(H,44,51)(H,45,52)(H,46,54)(H,47,53)(H,48,57)(H,49,55)(H,58,59)/b30-9-/t25-,26+,31-,32-,33-,34-,35-/m0/s1. The number of aliphatic hydroxyl groups excluding tert-OH is 1. The molecule has 0 bridgehead atoms. The van der Waals surface area contributed by atoms with Crippen molar-refractivity contribution in [1.82, 2.24) is 37.2 Å². The van der Waals surface area contributed by atoms with E-state index < -0.39 is 101 Å². The van der Waals surface area contributed by atoms with Gasteiger partial charge in [-0.3, -0.25) is 33.6 Å². The zero-order valence-electron chi connectivity index (χ0n) is 34.8. The van der Waals surface area contributed by atoms with Gasteiger partial charge in [-0.1, -0.05) is 94.4 Å². The van der Waals surface area contributed by atoms with E-state index in [1.807, 2.05) is 19.9 Å². The van der Waals surface area contributed by atoms with Crippen LogP contribution in [0.15, 0.2) is 72.4 Å². The second-order valence-electron chi connectivity index (χ2n) is 15.1. The molecule has 9 N–H and O–H groups in total. The Kier molecular flexibility index (Phi) is 19.9. The summed E-state index contributed by atoms with van der Waals surface area (Å²) in [6.07, 6.45) is -0.0468. The summed E-state index contributed by atoms with van der Waals surface area (Å²) in [5, 5.41) is 37.7. The number of hydrogen-bond donors (Lipinski definition) is 9. The monoisotopic (exact) mass is 821 g/mol. The molecule has 2 aromatic carbocycles. The minimum atomic E-state index is -1.62. The molecule has 0 fully saturated rings.